The number of rotatable bonds is 7. The summed E-state index contributed by atoms with van der Waals surface area (Å²) in [6, 6.07) is 28.9. The van der Waals surface area contributed by atoms with Crippen molar-refractivity contribution >= 4 is 23.0 Å². The lowest BCUT2D eigenvalue weighted by molar-refractivity contribution is 0.0993. The average Bonchev–Trinajstić information content (AvgIpc) is 2.86. The molecule has 1 aliphatic rings. The van der Waals surface area contributed by atoms with E-state index in [0.717, 1.165) is 37.3 Å². The van der Waals surface area contributed by atoms with Gasteiger partial charge in [-0.05, 0) is 68.3 Å². The molecule has 1 saturated heterocycles. The van der Waals surface area contributed by atoms with E-state index in [9.17, 15) is 4.79 Å². The van der Waals surface area contributed by atoms with Gasteiger partial charge in [-0.25, -0.2) is 0 Å². The van der Waals surface area contributed by atoms with Gasteiger partial charge in [0.05, 0.1) is 0 Å². The second kappa shape index (κ2) is 10.5. The van der Waals surface area contributed by atoms with Crippen molar-refractivity contribution in [1.82, 2.24) is 4.90 Å². The zero-order valence-corrected chi connectivity index (χ0v) is 19.2. The van der Waals surface area contributed by atoms with Crippen molar-refractivity contribution in [3.8, 4) is 0 Å². The quantitative estimate of drug-likeness (QED) is 0.464. The number of nitrogens with zero attached hydrogens (tertiary/aromatic N) is 3. The van der Waals surface area contributed by atoms with Crippen LogP contribution < -0.4 is 9.80 Å². The first-order valence-electron chi connectivity index (χ1n) is 11.7. The number of carbonyl (C=O) groups is 1. The number of hydrogen-bond acceptors (Lipinski definition) is 3. The first-order chi connectivity index (χ1) is 15.7. The van der Waals surface area contributed by atoms with Gasteiger partial charge < -0.3 is 14.7 Å². The number of hydrogen-bond donors (Lipinski definition) is 0. The predicted molar refractivity (Wildman–Crippen MR) is 134 cm³/mol. The molecule has 0 aromatic heterocycles. The van der Waals surface area contributed by atoms with Crippen LogP contribution >= 0.6 is 0 Å². The molecule has 0 atom stereocenters. The third-order valence-electron chi connectivity index (χ3n) is 6.32. The van der Waals surface area contributed by atoms with Gasteiger partial charge in [0.25, 0.3) is 5.91 Å². The molecule has 4 heteroatoms. The third-order valence-corrected chi connectivity index (χ3v) is 6.32. The van der Waals surface area contributed by atoms with Crippen LogP contribution in [-0.4, -0.2) is 43.5 Å². The van der Waals surface area contributed by atoms with E-state index in [0.29, 0.717) is 11.6 Å². The molecular formula is C28H33N3O. The van der Waals surface area contributed by atoms with Gasteiger partial charge in [-0.15, -0.1) is 0 Å². The Morgan fingerprint density at radius 2 is 1.44 bits per heavy atom. The molecule has 1 heterocycles. The number of carbonyl (C=O) groups excluding carboxylic acids is 1. The van der Waals surface area contributed by atoms with E-state index < -0.39 is 0 Å². The van der Waals surface area contributed by atoms with Gasteiger partial charge in [0.1, 0.15) is 0 Å². The third kappa shape index (κ3) is 5.03. The van der Waals surface area contributed by atoms with Gasteiger partial charge >= 0.3 is 0 Å². The molecule has 166 valence electrons. The van der Waals surface area contributed by atoms with E-state index in [1.165, 1.54) is 18.7 Å². The molecule has 32 heavy (non-hydrogen) atoms. The molecule has 3 aromatic carbocycles. The topological polar surface area (TPSA) is 26.8 Å². The minimum Gasteiger partial charge on any atom is -0.338 e. The standard InChI is InChI=1S/C28H33N3O/c1-3-19-30-20-17-26(18-21-30)31(25-14-8-5-9-15-25)27-16-10-11-23(22-27)28(32)29(2)24-12-6-4-7-13-24/h4-16,22,26H,3,17-21H2,1-2H3. The fraction of sp³-hybridized carbons (Fsp3) is 0.321. The maximum atomic E-state index is 13.2. The SMILES string of the molecule is CCCN1CCC(N(c2ccccc2)c2cccc(C(=O)N(C)c3ccccc3)c2)CC1. The molecule has 0 spiro atoms. The first-order valence-corrected chi connectivity index (χ1v) is 11.7. The van der Waals surface area contributed by atoms with Crippen molar-refractivity contribution in [1.29, 1.82) is 0 Å². The van der Waals surface area contributed by atoms with Crippen molar-refractivity contribution in [3.05, 3.63) is 90.5 Å². The zero-order valence-electron chi connectivity index (χ0n) is 19.2. The molecular weight excluding hydrogens is 394 g/mol. The van der Waals surface area contributed by atoms with Crippen molar-refractivity contribution in [3.63, 3.8) is 0 Å². The van der Waals surface area contributed by atoms with E-state index in [2.05, 4.69) is 53.1 Å². The number of para-hydroxylation sites is 2. The smallest absolute Gasteiger partial charge is 0.258 e. The summed E-state index contributed by atoms with van der Waals surface area (Å²) in [5, 5.41) is 0. The molecule has 0 saturated carbocycles. The Hall–Kier alpha value is -3.11. The van der Waals surface area contributed by atoms with Crippen LogP contribution in [0.5, 0.6) is 0 Å². The van der Waals surface area contributed by atoms with Gasteiger partial charge in [0, 0.05) is 48.8 Å². The summed E-state index contributed by atoms with van der Waals surface area (Å²) in [4.78, 5) is 20.0. The summed E-state index contributed by atoms with van der Waals surface area (Å²) in [5.74, 6) is 0.00354. The lowest BCUT2D eigenvalue weighted by Gasteiger charge is -2.40. The Morgan fingerprint density at radius 3 is 2.06 bits per heavy atom. The fourth-order valence-electron chi connectivity index (χ4n) is 4.63. The van der Waals surface area contributed by atoms with Crippen LogP contribution in [0.3, 0.4) is 0 Å². The van der Waals surface area contributed by atoms with Crippen LogP contribution in [0.4, 0.5) is 17.1 Å². The summed E-state index contributed by atoms with van der Waals surface area (Å²) in [7, 11) is 1.84. The van der Waals surface area contributed by atoms with Gasteiger partial charge in [0.15, 0.2) is 0 Å². The van der Waals surface area contributed by atoms with Gasteiger partial charge in [0.2, 0.25) is 0 Å². The molecule has 4 rings (SSSR count). The van der Waals surface area contributed by atoms with Crippen LogP contribution in [0.25, 0.3) is 0 Å². The van der Waals surface area contributed by atoms with Crippen LogP contribution in [-0.2, 0) is 0 Å². The number of anilines is 3. The lowest BCUT2D eigenvalue weighted by Crippen LogP contribution is -2.43. The highest BCUT2D eigenvalue weighted by Crippen LogP contribution is 2.33. The monoisotopic (exact) mass is 427 g/mol. The first kappa shape index (κ1) is 22.1. The molecule has 1 aliphatic heterocycles. The highest BCUT2D eigenvalue weighted by atomic mass is 16.2. The van der Waals surface area contributed by atoms with Crippen LogP contribution in [0.1, 0.15) is 36.5 Å². The van der Waals surface area contributed by atoms with Gasteiger partial charge in [-0.3, -0.25) is 4.79 Å². The Kier molecular flexibility index (Phi) is 7.23. The van der Waals surface area contributed by atoms with E-state index in [4.69, 9.17) is 0 Å². The largest absolute Gasteiger partial charge is 0.338 e. The van der Waals surface area contributed by atoms with Crippen LogP contribution in [0.15, 0.2) is 84.9 Å². The molecule has 0 N–H and O–H groups in total. The van der Waals surface area contributed by atoms with E-state index in [1.807, 2.05) is 55.6 Å². The molecule has 0 aliphatic carbocycles. The highest BCUT2D eigenvalue weighted by Gasteiger charge is 2.26. The van der Waals surface area contributed by atoms with Crippen molar-refractivity contribution in [2.24, 2.45) is 0 Å². The van der Waals surface area contributed by atoms with E-state index in [1.54, 1.807) is 4.90 Å². The molecule has 0 unspecified atom stereocenters. The number of benzene rings is 3. The van der Waals surface area contributed by atoms with Crippen molar-refractivity contribution < 1.29 is 4.79 Å². The van der Waals surface area contributed by atoms with Crippen molar-refractivity contribution in [2.75, 3.05) is 36.5 Å². The normalized spacial score (nSPS) is 14.8. The Labute approximate surface area is 192 Å². The second-order valence-corrected chi connectivity index (χ2v) is 8.53. The van der Waals surface area contributed by atoms with Crippen molar-refractivity contribution in [2.45, 2.75) is 32.2 Å². The number of amides is 1. The van der Waals surface area contributed by atoms with Crippen LogP contribution in [0, 0.1) is 0 Å². The summed E-state index contributed by atoms with van der Waals surface area (Å²) in [6.07, 6.45) is 3.44. The summed E-state index contributed by atoms with van der Waals surface area (Å²) < 4.78 is 0. The highest BCUT2D eigenvalue weighted by molar-refractivity contribution is 6.06. The van der Waals surface area contributed by atoms with Crippen LogP contribution in [0.2, 0.25) is 0 Å². The Morgan fingerprint density at radius 1 is 0.844 bits per heavy atom. The lowest BCUT2D eigenvalue weighted by atomic mass is 10.0. The maximum absolute atomic E-state index is 13.2. The van der Waals surface area contributed by atoms with Gasteiger partial charge in [-0.1, -0.05) is 49.4 Å². The molecule has 1 amide bonds. The number of piperidine rings is 1. The molecule has 1 fully saturated rings. The maximum Gasteiger partial charge on any atom is 0.258 e. The Balaban J connectivity index is 1.62. The zero-order chi connectivity index (χ0) is 22.3. The average molecular weight is 428 g/mol. The van der Waals surface area contributed by atoms with E-state index >= 15 is 0 Å². The second-order valence-electron chi connectivity index (χ2n) is 8.53. The minimum absolute atomic E-state index is 0.00354. The molecule has 3 aromatic rings. The van der Waals surface area contributed by atoms with Gasteiger partial charge in [-0.2, -0.15) is 0 Å². The fourth-order valence-corrected chi connectivity index (χ4v) is 4.63. The summed E-state index contributed by atoms with van der Waals surface area (Å²) in [6.45, 7) is 5.67. The molecule has 0 radical (unpaired) electrons. The number of likely N-dealkylation sites (tertiary alicyclic amines) is 1. The molecule has 4 nitrogen and oxygen atoms in total. The minimum atomic E-state index is 0.00354. The predicted octanol–water partition coefficient (Wildman–Crippen LogP) is 5.98. The summed E-state index contributed by atoms with van der Waals surface area (Å²) >= 11 is 0. The molecule has 0 bridgehead atoms. The van der Waals surface area contributed by atoms with E-state index in [-0.39, 0.29) is 5.91 Å². The Bertz CT molecular complexity index is 997. The summed E-state index contributed by atoms with van der Waals surface area (Å²) in [5.41, 5.74) is 3.87.